The quantitative estimate of drug-likeness (QED) is 0.237. The van der Waals surface area contributed by atoms with Crippen LogP contribution in [0.5, 0.6) is 0 Å². The Kier molecular flexibility index (Phi) is 8.77. The number of pyridine rings is 1. The summed E-state index contributed by atoms with van der Waals surface area (Å²) in [7, 11) is 0. The first-order valence-electron chi connectivity index (χ1n) is 13.6. The van der Waals surface area contributed by atoms with Crippen LogP contribution in [0.25, 0.3) is 17.0 Å². The first kappa shape index (κ1) is 26.1. The fourth-order valence-corrected chi connectivity index (χ4v) is 6.07. The van der Waals surface area contributed by atoms with Crippen molar-refractivity contribution in [3.63, 3.8) is 0 Å². The zero-order valence-electron chi connectivity index (χ0n) is 21.8. The molecular formula is C33H35N3OS. The number of aryl methyl sites for hydroxylation is 1. The first-order valence-corrected chi connectivity index (χ1v) is 14.4. The summed E-state index contributed by atoms with van der Waals surface area (Å²) >= 11 is 1.53. The molecule has 1 fully saturated rings. The summed E-state index contributed by atoms with van der Waals surface area (Å²) in [6.45, 7) is 5.66. The lowest BCUT2D eigenvalue weighted by Crippen LogP contribution is -2.35. The number of anilines is 1. The first-order chi connectivity index (χ1) is 18.7. The molecule has 1 saturated heterocycles. The third kappa shape index (κ3) is 6.46. The molecule has 3 aromatic carbocycles. The highest BCUT2D eigenvalue weighted by molar-refractivity contribution is 8.00. The van der Waals surface area contributed by atoms with E-state index in [-0.39, 0.29) is 5.91 Å². The van der Waals surface area contributed by atoms with Gasteiger partial charge >= 0.3 is 0 Å². The molecule has 0 spiro atoms. The molecule has 0 saturated carbocycles. The van der Waals surface area contributed by atoms with Crippen LogP contribution in [-0.4, -0.2) is 28.9 Å². The van der Waals surface area contributed by atoms with Crippen LogP contribution in [-0.2, 0) is 6.42 Å². The van der Waals surface area contributed by atoms with Crippen LogP contribution in [0.3, 0.4) is 0 Å². The smallest absolute Gasteiger partial charge is 0.253 e. The van der Waals surface area contributed by atoms with Gasteiger partial charge in [0.25, 0.3) is 5.91 Å². The molecule has 1 N–H and O–H groups in total. The van der Waals surface area contributed by atoms with Gasteiger partial charge in [-0.05, 0) is 85.0 Å². The van der Waals surface area contributed by atoms with Gasteiger partial charge in [-0.1, -0.05) is 74.0 Å². The highest BCUT2D eigenvalue weighted by Gasteiger charge is 2.21. The molecule has 0 radical (unpaired) electrons. The lowest BCUT2D eigenvalue weighted by molar-refractivity contribution is 0.0728. The Labute approximate surface area is 230 Å². The molecule has 38 heavy (non-hydrogen) atoms. The number of carbonyl (C=O) groups excluding carboxylic acids is 1. The average Bonchev–Trinajstić information content (AvgIpc) is 2.96. The molecule has 0 bridgehead atoms. The summed E-state index contributed by atoms with van der Waals surface area (Å²) in [6, 6.07) is 26.8. The highest BCUT2D eigenvalue weighted by atomic mass is 32.2. The second-order valence-electron chi connectivity index (χ2n) is 10.0. The molecule has 0 aliphatic carbocycles. The van der Waals surface area contributed by atoms with Crippen LogP contribution < -0.4 is 4.72 Å². The van der Waals surface area contributed by atoms with Crippen molar-refractivity contribution in [2.24, 2.45) is 5.92 Å². The molecule has 4 aromatic rings. The van der Waals surface area contributed by atoms with E-state index in [0.29, 0.717) is 5.92 Å². The normalized spacial score (nSPS) is 16.0. The number of amides is 1. The van der Waals surface area contributed by atoms with Gasteiger partial charge in [0.2, 0.25) is 0 Å². The summed E-state index contributed by atoms with van der Waals surface area (Å²) in [5.74, 6) is 0.788. The van der Waals surface area contributed by atoms with Crippen molar-refractivity contribution in [2.45, 2.75) is 43.4 Å². The number of likely N-dealkylation sites (tertiary alicyclic amines) is 1. The molecule has 2 heterocycles. The number of hydrogen-bond donors (Lipinski definition) is 1. The van der Waals surface area contributed by atoms with E-state index >= 15 is 0 Å². The number of nitrogens with one attached hydrogen (secondary N) is 1. The van der Waals surface area contributed by atoms with Gasteiger partial charge in [-0.25, -0.2) is 0 Å². The Hall–Kier alpha value is -3.57. The van der Waals surface area contributed by atoms with Gasteiger partial charge in [0.1, 0.15) is 0 Å². The number of aromatic nitrogens is 1. The predicted octanol–water partition coefficient (Wildman–Crippen LogP) is 8.26. The van der Waals surface area contributed by atoms with E-state index in [4.69, 9.17) is 0 Å². The lowest BCUT2D eigenvalue weighted by Gasteiger charge is -2.29. The van der Waals surface area contributed by atoms with Crippen molar-refractivity contribution in [2.75, 3.05) is 17.8 Å². The molecule has 194 valence electrons. The van der Waals surface area contributed by atoms with Crippen molar-refractivity contribution in [1.82, 2.24) is 9.88 Å². The van der Waals surface area contributed by atoms with E-state index in [1.165, 1.54) is 36.8 Å². The van der Waals surface area contributed by atoms with E-state index in [2.05, 4.69) is 69.7 Å². The highest BCUT2D eigenvalue weighted by Crippen LogP contribution is 2.30. The van der Waals surface area contributed by atoms with E-state index in [1.807, 2.05) is 42.6 Å². The number of carbonyl (C=O) groups is 1. The number of rotatable bonds is 8. The number of hydrogen-bond acceptors (Lipinski definition) is 4. The number of fused-ring (bicyclic) bond motifs is 1. The zero-order valence-corrected chi connectivity index (χ0v) is 22.6. The fourth-order valence-electron chi connectivity index (χ4n) is 5.25. The Morgan fingerprint density at radius 1 is 1.00 bits per heavy atom. The van der Waals surface area contributed by atoms with E-state index in [1.54, 1.807) is 0 Å². The third-order valence-corrected chi connectivity index (χ3v) is 8.33. The SMILES string of the molecule is C=Cc1cc(C(=O)N2CCCCC(CCc3ccccc3)CC2)ccc1NSc1cccc2cccnc12. The minimum atomic E-state index is 0.120. The molecule has 1 aliphatic rings. The van der Waals surface area contributed by atoms with Crippen LogP contribution in [0.2, 0.25) is 0 Å². The number of para-hydroxylation sites is 1. The number of nitrogens with zero attached hydrogens (tertiary/aromatic N) is 2. The molecule has 1 amide bonds. The summed E-state index contributed by atoms with van der Waals surface area (Å²) < 4.78 is 3.45. The second-order valence-corrected chi connectivity index (χ2v) is 10.9. The van der Waals surface area contributed by atoms with E-state index < -0.39 is 0 Å². The molecule has 1 unspecified atom stereocenters. The zero-order chi connectivity index (χ0) is 26.2. The third-order valence-electron chi connectivity index (χ3n) is 7.45. The van der Waals surface area contributed by atoms with Gasteiger partial charge in [-0.15, -0.1) is 0 Å². The van der Waals surface area contributed by atoms with Gasteiger partial charge in [0.15, 0.2) is 0 Å². The predicted molar refractivity (Wildman–Crippen MR) is 160 cm³/mol. The summed E-state index contributed by atoms with van der Waals surface area (Å²) in [6.07, 6.45) is 10.5. The topological polar surface area (TPSA) is 45.2 Å². The maximum Gasteiger partial charge on any atom is 0.253 e. The Bertz CT molecular complexity index is 1380. The van der Waals surface area contributed by atoms with Gasteiger partial charge in [0, 0.05) is 30.2 Å². The molecule has 5 heteroatoms. The Balaban J connectivity index is 1.22. The largest absolute Gasteiger partial charge is 0.339 e. The van der Waals surface area contributed by atoms with Gasteiger partial charge < -0.3 is 9.62 Å². The molecule has 5 rings (SSSR count). The van der Waals surface area contributed by atoms with Crippen LogP contribution in [0.4, 0.5) is 5.69 Å². The fraction of sp³-hybridized carbons (Fsp3) is 0.273. The molecule has 1 atom stereocenters. The van der Waals surface area contributed by atoms with Crippen molar-refractivity contribution >= 4 is 40.5 Å². The van der Waals surface area contributed by atoms with Crippen molar-refractivity contribution in [1.29, 1.82) is 0 Å². The minimum absolute atomic E-state index is 0.120. The summed E-state index contributed by atoms with van der Waals surface area (Å²) in [5.41, 5.74) is 4.96. The molecule has 4 nitrogen and oxygen atoms in total. The maximum atomic E-state index is 13.5. The van der Waals surface area contributed by atoms with Crippen LogP contribution in [0, 0.1) is 5.92 Å². The second kappa shape index (κ2) is 12.8. The van der Waals surface area contributed by atoms with Gasteiger partial charge in [-0.2, -0.15) is 0 Å². The number of benzene rings is 3. The average molecular weight is 522 g/mol. The van der Waals surface area contributed by atoms with Crippen LogP contribution in [0.1, 0.15) is 53.6 Å². The Morgan fingerprint density at radius 2 is 1.87 bits per heavy atom. The minimum Gasteiger partial charge on any atom is -0.339 e. The molecule has 1 aromatic heterocycles. The monoisotopic (exact) mass is 521 g/mol. The lowest BCUT2D eigenvalue weighted by atomic mass is 9.90. The van der Waals surface area contributed by atoms with E-state index in [0.717, 1.165) is 65.0 Å². The summed E-state index contributed by atoms with van der Waals surface area (Å²) in [4.78, 5) is 21.2. The molecular weight excluding hydrogens is 486 g/mol. The van der Waals surface area contributed by atoms with Crippen molar-refractivity contribution < 1.29 is 4.79 Å². The van der Waals surface area contributed by atoms with Gasteiger partial charge in [0.05, 0.1) is 16.1 Å². The maximum absolute atomic E-state index is 13.5. The van der Waals surface area contributed by atoms with Crippen molar-refractivity contribution in [3.05, 3.63) is 108 Å². The summed E-state index contributed by atoms with van der Waals surface area (Å²) in [5, 5.41) is 1.11. The molecule has 1 aliphatic heterocycles. The standard InChI is InChI=1S/C33H35N3OS/c1-2-27-24-29(18-19-30(27)35-38-31-15-8-13-28-14-9-21-34-32(28)31)33(37)36-22-7-6-12-26(20-23-36)17-16-25-10-4-3-5-11-25/h2-5,8-11,13-15,18-19,21,24,26,35H,1,6-7,12,16-17,20,22-23H2. The Morgan fingerprint density at radius 3 is 2.74 bits per heavy atom. The van der Waals surface area contributed by atoms with Gasteiger partial charge in [-0.3, -0.25) is 9.78 Å². The van der Waals surface area contributed by atoms with Crippen LogP contribution >= 0.6 is 11.9 Å². The van der Waals surface area contributed by atoms with Crippen molar-refractivity contribution in [3.8, 4) is 0 Å². The van der Waals surface area contributed by atoms with E-state index in [9.17, 15) is 4.79 Å². The van der Waals surface area contributed by atoms with Crippen LogP contribution in [0.15, 0.2) is 96.5 Å².